The quantitative estimate of drug-likeness (QED) is 0.865. The van der Waals surface area contributed by atoms with Crippen LogP contribution in [0.1, 0.15) is 31.7 Å². The largest absolute Gasteiger partial charge is 0.379 e. The number of ether oxygens (including phenoxy) is 1. The standard InChI is InChI=1S/C22H31N3O/c1-2-11-25-12-8-19(9-13-25)24-22-16-26-15-18(22)14-17-7-10-23-21-6-4-3-5-20(17)21/h3-7,10,18-19,22,24H,2,8-9,11-16H2,1H3/t18-,22+/m1/s1. The number of benzene rings is 1. The molecule has 3 heterocycles. The van der Waals surface area contributed by atoms with Gasteiger partial charge in [-0.25, -0.2) is 0 Å². The Kier molecular flexibility index (Phi) is 5.83. The van der Waals surface area contributed by atoms with Gasteiger partial charge in [0.15, 0.2) is 0 Å². The van der Waals surface area contributed by atoms with Crippen molar-refractivity contribution in [3.63, 3.8) is 0 Å². The maximum absolute atomic E-state index is 5.87. The van der Waals surface area contributed by atoms with Gasteiger partial charge in [0.1, 0.15) is 0 Å². The Hall–Kier alpha value is -1.49. The molecule has 2 fully saturated rings. The van der Waals surface area contributed by atoms with Crippen molar-refractivity contribution in [1.29, 1.82) is 0 Å². The molecule has 0 saturated carbocycles. The number of rotatable bonds is 6. The number of nitrogens with one attached hydrogen (secondary N) is 1. The Morgan fingerprint density at radius 3 is 2.85 bits per heavy atom. The second-order valence-electron chi connectivity index (χ2n) is 7.88. The molecule has 4 heteroatoms. The van der Waals surface area contributed by atoms with Crippen molar-refractivity contribution in [2.45, 2.75) is 44.7 Å². The number of hydrogen-bond donors (Lipinski definition) is 1. The van der Waals surface area contributed by atoms with E-state index < -0.39 is 0 Å². The number of para-hydroxylation sites is 1. The summed E-state index contributed by atoms with van der Waals surface area (Å²) in [5.41, 5.74) is 2.49. The molecule has 26 heavy (non-hydrogen) atoms. The van der Waals surface area contributed by atoms with E-state index in [0.717, 1.165) is 25.2 Å². The Balaban J connectivity index is 1.38. The summed E-state index contributed by atoms with van der Waals surface area (Å²) >= 11 is 0. The zero-order valence-corrected chi connectivity index (χ0v) is 15.9. The highest BCUT2D eigenvalue weighted by Gasteiger charge is 2.31. The first-order valence-electron chi connectivity index (χ1n) is 10.2. The molecule has 2 saturated heterocycles. The molecule has 1 aromatic heterocycles. The van der Waals surface area contributed by atoms with Crippen LogP contribution < -0.4 is 5.32 Å². The number of likely N-dealkylation sites (tertiary alicyclic amines) is 1. The smallest absolute Gasteiger partial charge is 0.0704 e. The summed E-state index contributed by atoms with van der Waals surface area (Å²) in [7, 11) is 0. The highest BCUT2D eigenvalue weighted by atomic mass is 16.5. The van der Waals surface area contributed by atoms with Crippen LogP contribution in [0, 0.1) is 5.92 Å². The van der Waals surface area contributed by atoms with Crippen LogP contribution in [0.15, 0.2) is 36.5 Å². The third kappa shape index (κ3) is 4.08. The molecule has 2 aliphatic rings. The van der Waals surface area contributed by atoms with Gasteiger partial charge in [-0.15, -0.1) is 0 Å². The van der Waals surface area contributed by atoms with Crippen LogP contribution in [0.5, 0.6) is 0 Å². The van der Waals surface area contributed by atoms with Gasteiger partial charge in [0.2, 0.25) is 0 Å². The van der Waals surface area contributed by atoms with Crippen molar-refractivity contribution < 1.29 is 4.74 Å². The number of aromatic nitrogens is 1. The SMILES string of the molecule is CCCN1CCC(N[C@H]2COC[C@H]2Cc2ccnc3ccccc23)CC1. The van der Waals surface area contributed by atoms with Crippen LogP contribution >= 0.6 is 0 Å². The number of hydrogen-bond acceptors (Lipinski definition) is 4. The van der Waals surface area contributed by atoms with Gasteiger partial charge in [0.25, 0.3) is 0 Å². The molecular weight excluding hydrogens is 322 g/mol. The summed E-state index contributed by atoms with van der Waals surface area (Å²) in [6.45, 7) is 7.70. The van der Waals surface area contributed by atoms with E-state index in [0.29, 0.717) is 18.0 Å². The third-order valence-electron chi connectivity index (χ3n) is 6.00. The van der Waals surface area contributed by atoms with Gasteiger partial charge in [0, 0.05) is 29.6 Å². The normalized spacial score (nSPS) is 25.1. The van der Waals surface area contributed by atoms with Gasteiger partial charge in [-0.3, -0.25) is 4.98 Å². The molecule has 2 aliphatic heterocycles. The first kappa shape index (κ1) is 17.9. The highest BCUT2D eigenvalue weighted by Crippen LogP contribution is 2.25. The predicted molar refractivity (Wildman–Crippen MR) is 106 cm³/mol. The monoisotopic (exact) mass is 353 g/mol. The fourth-order valence-corrected chi connectivity index (χ4v) is 4.54. The van der Waals surface area contributed by atoms with Gasteiger partial charge >= 0.3 is 0 Å². The number of piperidine rings is 1. The van der Waals surface area contributed by atoms with E-state index >= 15 is 0 Å². The molecule has 4 rings (SSSR count). The van der Waals surface area contributed by atoms with Crippen LogP contribution in [0.4, 0.5) is 0 Å². The van der Waals surface area contributed by atoms with Crippen molar-refractivity contribution >= 4 is 10.9 Å². The molecule has 140 valence electrons. The van der Waals surface area contributed by atoms with E-state index in [1.807, 2.05) is 6.20 Å². The summed E-state index contributed by atoms with van der Waals surface area (Å²) in [5, 5.41) is 5.22. The second-order valence-corrected chi connectivity index (χ2v) is 7.88. The molecule has 1 aromatic carbocycles. The molecule has 2 aromatic rings. The van der Waals surface area contributed by atoms with Gasteiger partial charge in [-0.05, 0) is 63.0 Å². The topological polar surface area (TPSA) is 37.4 Å². The first-order chi connectivity index (χ1) is 12.8. The van der Waals surface area contributed by atoms with Gasteiger partial charge in [0.05, 0.1) is 18.7 Å². The second kappa shape index (κ2) is 8.47. The van der Waals surface area contributed by atoms with E-state index in [4.69, 9.17) is 4.74 Å². The minimum atomic E-state index is 0.477. The lowest BCUT2D eigenvalue weighted by molar-refractivity contribution is 0.170. The van der Waals surface area contributed by atoms with Crippen LogP contribution in [-0.2, 0) is 11.2 Å². The lowest BCUT2D eigenvalue weighted by Crippen LogP contribution is -2.48. The van der Waals surface area contributed by atoms with Crippen molar-refractivity contribution in [1.82, 2.24) is 15.2 Å². The van der Waals surface area contributed by atoms with Crippen LogP contribution in [0.2, 0.25) is 0 Å². The number of nitrogens with zero attached hydrogens (tertiary/aromatic N) is 2. The number of fused-ring (bicyclic) bond motifs is 1. The molecule has 2 atom stereocenters. The predicted octanol–water partition coefficient (Wildman–Crippen LogP) is 3.26. The summed E-state index contributed by atoms with van der Waals surface area (Å²) in [6, 6.07) is 11.8. The molecular formula is C22H31N3O. The minimum absolute atomic E-state index is 0.477. The molecule has 4 nitrogen and oxygen atoms in total. The maximum atomic E-state index is 5.87. The van der Waals surface area contributed by atoms with E-state index in [2.05, 4.69) is 52.5 Å². The highest BCUT2D eigenvalue weighted by molar-refractivity contribution is 5.81. The third-order valence-corrected chi connectivity index (χ3v) is 6.00. The Morgan fingerprint density at radius 2 is 2.00 bits per heavy atom. The van der Waals surface area contributed by atoms with Crippen LogP contribution in [0.25, 0.3) is 10.9 Å². The fourth-order valence-electron chi connectivity index (χ4n) is 4.54. The molecule has 0 amide bonds. The molecule has 1 N–H and O–H groups in total. The van der Waals surface area contributed by atoms with Crippen molar-refractivity contribution in [3.05, 3.63) is 42.1 Å². The van der Waals surface area contributed by atoms with Crippen molar-refractivity contribution in [2.75, 3.05) is 32.8 Å². The molecule has 0 spiro atoms. The summed E-state index contributed by atoms with van der Waals surface area (Å²) in [5.74, 6) is 0.550. The lowest BCUT2D eigenvalue weighted by atomic mass is 9.92. The Bertz CT molecular complexity index is 706. The van der Waals surface area contributed by atoms with Crippen molar-refractivity contribution in [2.24, 2.45) is 5.92 Å². The van der Waals surface area contributed by atoms with Gasteiger partial charge < -0.3 is 15.0 Å². The maximum Gasteiger partial charge on any atom is 0.0704 e. The minimum Gasteiger partial charge on any atom is -0.379 e. The van der Waals surface area contributed by atoms with E-state index in [-0.39, 0.29) is 0 Å². The molecule has 0 unspecified atom stereocenters. The van der Waals surface area contributed by atoms with Crippen molar-refractivity contribution in [3.8, 4) is 0 Å². The Morgan fingerprint density at radius 1 is 1.15 bits per heavy atom. The first-order valence-corrected chi connectivity index (χ1v) is 10.2. The zero-order chi connectivity index (χ0) is 17.8. The lowest BCUT2D eigenvalue weighted by Gasteiger charge is -2.34. The van der Waals surface area contributed by atoms with E-state index in [1.165, 1.54) is 49.8 Å². The summed E-state index contributed by atoms with van der Waals surface area (Å²) in [6.07, 6.45) is 6.80. The van der Waals surface area contributed by atoms with E-state index in [1.54, 1.807) is 0 Å². The van der Waals surface area contributed by atoms with Crippen LogP contribution in [0.3, 0.4) is 0 Å². The van der Waals surface area contributed by atoms with Crippen LogP contribution in [-0.4, -0.2) is 54.8 Å². The fraction of sp³-hybridized carbons (Fsp3) is 0.591. The van der Waals surface area contributed by atoms with E-state index in [9.17, 15) is 0 Å². The van der Waals surface area contributed by atoms with Gasteiger partial charge in [-0.2, -0.15) is 0 Å². The Labute approximate surface area is 156 Å². The number of pyridine rings is 1. The molecule has 0 aliphatic carbocycles. The average molecular weight is 354 g/mol. The average Bonchev–Trinajstić information content (AvgIpc) is 3.11. The molecule has 0 bridgehead atoms. The summed E-state index contributed by atoms with van der Waals surface area (Å²) in [4.78, 5) is 7.10. The summed E-state index contributed by atoms with van der Waals surface area (Å²) < 4.78 is 5.87. The zero-order valence-electron chi connectivity index (χ0n) is 15.9. The van der Waals surface area contributed by atoms with Gasteiger partial charge in [-0.1, -0.05) is 25.1 Å². The molecule has 0 radical (unpaired) electrons.